The van der Waals surface area contributed by atoms with Gasteiger partial charge in [0.2, 0.25) is 0 Å². The van der Waals surface area contributed by atoms with Gasteiger partial charge in [0, 0.05) is 0 Å². The van der Waals surface area contributed by atoms with E-state index in [-0.39, 0.29) is 0 Å². The Bertz CT molecular complexity index is 490. The summed E-state index contributed by atoms with van der Waals surface area (Å²) in [6.07, 6.45) is 1.15. The molecule has 0 heterocycles. The van der Waals surface area contributed by atoms with Crippen LogP contribution in [0.5, 0.6) is 5.75 Å². The zero-order chi connectivity index (χ0) is 11.0. The number of benzene rings is 2. The standard InChI is InChI=1S/C15H14O/c16-15-9-5-4-8-12(15)14-10-13(14)11-6-2-1-3-7-11/h1-9,13-14,16H,10H2/t13-,14-/m1/s1. The van der Waals surface area contributed by atoms with Gasteiger partial charge in [0.25, 0.3) is 0 Å². The van der Waals surface area contributed by atoms with Crippen molar-refractivity contribution < 1.29 is 5.11 Å². The van der Waals surface area contributed by atoms with Crippen molar-refractivity contribution in [1.29, 1.82) is 0 Å². The summed E-state index contributed by atoms with van der Waals surface area (Å²) in [5.74, 6) is 1.53. The van der Waals surface area contributed by atoms with E-state index in [4.69, 9.17) is 0 Å². The second kappa shape index (κ2) is 3.67. The highest BCUT2D eigenvalue weighted by Gasteiger charge is 2.40. The average molecular weight is 210 g/mol. The van der Waals surface area contributed by atoms with Crippen LogP contribution < -0.4 is 0 Å². The summed E-state index contributed by atoms with van der Waals surface area (Å²) >= 11 is 0. The van der Waals surface area contributed by atoms with Gasteiger partial charge in [0.15, 0.2) is 0 Å². The molecule has 0 aliphatic heterocycles. The molecule has 1 aliphatic rings. The van der Waals surface area contributed by atoms with Crippen LogP contribution in [-0.4, -0.2) is 5.11 Å². The molecule has 0 unspecified atom stereocenters. The van der Waals surface area contributed by atoms with E-state index < -0.39 is 0 Å². The van der Waals surface area contributed by atoms with Crippen molar-refractivity contribution in [3.8, 4) is 5.75 Å². The maximum Gasteiger partial charge on any atom is 0.119 e. The van der Waals surface area contributed by atoms with Crippen molar-refractivity contribution in [3.63, 3.8) is 0 Å². The number of aromatic hydroxyl groups is 1. The van der Waals surface area contributed by atoms with E-state index >= 15 is 0 Å². The molecule has 0 bridgehead atoms. The van der Waals surface area contributed by atoms with Gasteiger partial charge in [0.1, 0.15) is 5.75 Å². The zero-order valence-electron chi connectivity index (χ0n) is 9.01. The maximum absolute atomic E-state index is 9.79. The van der Waals surface area contributed by atoms with Gasteiger partial charge in [0.05, 0.1) is 0 Å². The third-order valence-corrected chi connectivity index (χ3v) is 3.35. The third-order valence-electron chi connectivity index (χ3n) is 3.35. The van der Waals surface area contributed by atoms with Crippen molar-refractivity contribution in [2.24, 2.45) is 0 Å². The summed E-state index contributed by atoms with van der Waals surface area (Å²) in [6.45, 7) is 0. The number of phenols is 1. The van der Waals surface area contributed by atoms with Gasteiger partial charge in [-0.15, -0.1) is 0 Å². The summed E-state index contributed by atoms with van der Waals surface area (Å²) in [5, 5.41) is 9.79. The van der Waals surface area contributed by atoms with Crippen molar-refractivity contribution in [2.45, 2.75) is 18.3 Å². The summed E-state index contributed by atoms with van der Waals surface area (Å²) < 4.78 is 0. The van der Waals surface area contributed by atoms with Crippen molar-refractivity contribution in [1.82, 2.24) is 0 Å². The largest absolute Gasteiger partial charge is 0.508 e. The third kappa shape index (κ3) is 1.58. The second-order valence-corrected chi connectivity index (χ2v) is 4.42. The van der Waals surface area contributed by atoms with E-state index in [1.54, 1.807) is 6.07 Å². The van der Waals surface area contributed by atoms with Crippen LogP contribution in [0.15, 0.2) is 54.6 Å². The van der Waals surface area contributed by atoms with Gasteiger partial charge in [-0.05, 0) is 35.4 Å². The number of hydrogen-bond acceptors (Lipinski definition) is 1. The monoisotopic (exact) mass is 210 g/mol. The first-order valence-corrected chi connectivity index (χ1v) is 5.69. The first-order chi connectivity index (χ1) is 7.86. The second-order valence-electron chi connectivity index (χ2n) is 4.42. The molecule has 1 fully saturated rings. The Kier molecular flexibility index (Phi) is 2.17. The van der Waals surface area contributed by atoms with Crippen LogP contribution in [0.2, 0.25) is 0 Å². The van der Waals surface area contributed by atoms with E-state index in [0.717, 1.165) is 12.0 Å². The molecule has 1 N–H and O–H groups in total. The Morgan fingerprint density at radius 1 is 0.812 bits per heavy atom. The molecule has 0 radical (unpaired) electrons. The Morgan fingerprint density at radius 3 is 2.25 bits per heavy atom. The lowest BCUT2D eigenvalue weighted by Crippen LogP contribution is -1.84. The van der Waals surface area contributed by atoms with Gasteiger partial charge >= 0.3 is 0 Å². The van der Waals surface area contributed by atoms with E-state index in [1.165, 1.54) is 5.56 Å². The first kappa shape index (κ1) is 9.46. The molecule has 80 valence electrons. The molecular formula is C15H14O. The van der Waals surface area contributed by atoms with E-state index in [9.17, 15) is 5.11 Å². The molecule has 0 aromatic heterocycles. The van der Waals surface area contributed by atoms with Crippen LogP contribution >= 0.6 is 0 Å². The molecule has 1 aliphatic carbocycles. The van der Waals surface area contributed by atoms with Crippen molar-refractivity contribution >= 4 is 0 Å². The molecule has 2 atom stereocenters. The Balaban J connectivity index is 1.85. The van der Waals surface area contributed by atoms with Crippen molar-refractivity contribution in [3.05, 3.63) is 65.7 Å². The van der Waals surface area contributed by atoms with Crippen LogP contribution in [-0.2, 0) is 0 Å². The van der Waals surface area contributed by atoms with Crippen LogP contribution in [0.25, 0.3) is 0 Å². The lowest BCUT2D eigenvalue weighted by molar-refractivity contribution is 0.468. The SMILES string of the molecule is Oc1ccccc1[C@H]1C[C@@H]1c1ccccc1. The van der Waals surface area contributed by atoms with Crippen LogP contribution in [0.3, 0.4) is 0 Å². The molecule has 2 aromatic rings. The maximum atomic E-state index is 9.79. The predicted octanol–water partition coefficient (Wildman–Crippen LogP) is 3.66. The fraction of sp³-hybridized carbons (Fsp3) is 0.200. The van der Waals surface area contributed by atoms with E-state index in [1.807, 2.05) is 24.3 Å². The van der Waals surface area contributed by atoms with Gasteiger partial charge in [-0.25, -0.2) is 0 Å². The Morgan fingerprint density at radius 2 is 1.50 bits per heavy atom. The highest BCUT2D eigenvalue weighted by Crippen LogP contribution is 2.56. The van der Waals surface area contributed by atoms with Gasteiger partial charge in [-0.3, -0.25) is 0 Å². The van der Waals surface area contributed by atoms with Crippen molar-refractivity contribution in [2.75, 3.05) is 0 Å². The fourth-order valence-electron chi connectivity index (χ4n) is 2.41. The molecule has 0 spiro atoms. The minimum atomic E-state index is 0.436. The van der Waals surface area contributed by atoms with E-state index in [0.29, 0.717) is 17.6 Å². The average Bonchev–Trinajstić information content (AvgIpc) is 3.11. The molecule has 1 heteroatoms. The lowest BCUT2D eigenvalue weighted by atomic mass is 10.0. The summed E-state index contributed by atoms with van der Waals surface area (Å²) in [7, 11) is 0. The first-order valence-electron chi connectivity index (χ1n) is 5.69. The zero-order valence-corrected chi connectivity index (χ0v) is 9.01. The Labute approximate surface area is 95.4 Å². The van der Waals surface area contributed by atoms with Crippen LogP contribution in [0.4, 0.5) is 0 Å². The number of rotatable bonds is 2. The number of phenolic OH excluding ortho intramolecular Hbond substituents is 1. The minimum Gasteiger partial charge on any atom is -0.508 e. The van der Waals surface area contributed by atoms with E-state index in [2.05, 4.69) is 24.3 Å². The predicted molar refractivity (Wildman–Crippen MR) is 64.6 cm³/mol. The van der Waals surface area contributed by atoms with Crippen LogP contribution in [0.1, 0.15) is 29.4 Å². The summed E-state index contributed by atoms with van der Waals surface area (Å²) in [6, 6.07) is 18.2. The number of para-hydroxylation sites is 1. The summed E-state index contributed by atoms with van der Waals surface area (Å²) in [4.78, 5) is 0. The molecular weight excluding hydrogens is 196 g/mol. The molecule has 0 saturated heterocycles. The highest BCUT2D eigenvalue weighted by atomic mass is 16.3. The normalized spacial score (nSPS) is 23.0. The quantitative estimate of drug-likeness (QED) is 0.802. The topological polar surface area (TPSA) is 20.2 Å². The van der Waals surface area contributed by atoms with Gasteiger partial charge < -0.3 is 5.11 Å². The minimum absolute atomic E-state index is 0.436. The smallest absolute Gasteiger partial charge is 0.119 e. The van der Waals surface area contributed by atoms with Gasteiger partial charge in [-0.2, -0.15) is 0 Å². The molecule has 1 nitrogen and oxygen atoms in total. The molecule has 2 aromatic carbocycles. The van der Waals surface area contributed by atoms with Gasteiger partial charge in [-0.1, -0.05) is 48.5 Å². The summed E-state index contributed by atoms with van der Waals surface area (Å²) in [5.41, 5.74) is 2.48. The fourth-order valence-corrected chi connectivity index (χ4v) is 2.41. The molecule has 1 saturated carbocycles. The lowest BCUT2D eigenvalue weighted by Gasteiger charge is -2.03. The highest BCUT2D eigenvalue weighted by molar-refractivity contribution is 5.43. The molecule has 0 amide bonds. The van der Waals surface area contributed by atoms with Crippen LogP contribution in [0, 0.1) is 0 Å². The number of hydrogen-bond donors (Lipinski definition) is 1. The molecule has 3 rings (SSSR count). The molecule has 16 heavy (non-hydrogen) atoms. The Hall–Kier alpha value is -1.76.